The van der Waals surface area contributed by atoms with Crippen LogP contribution in [0.15, 0.2) is 57.4 Å². The van der Waals surface area contributed by atoms with Crippen molar-refractivity contribution in [2.45, 2.75) is 13.8 Å². The number of azo groups is 1. The molecule has 0 aliphatic heterocycles. The van der Waals surface area contributed by atoms with Crippen molar-refractivity contribution in [2.75, 3.05) is 13.2 Å². The number of nitro benzene ring substituents is 1. The third-order valence-corrected chi connectivity index (χ3v) is 3.71. The molecule has 0 aliphatic rings. The Morgan fingerprint density at radius 1 is 1.26 bits per heavy atom. The molecular formula is C19H19N7O8. The molecule has 0 fully saturated rings. The molecule has 2 aromatic rings. The lowest BCUT2D eigenvalue weighted by atomic mass is 10.2. The third kappa shape index (κ3) is 6.78. The number of hydrazone groups is 1. The van der Waals surface area contributed by atoms with E-state index in [-0.39, 0.29) is 36.0 Å². The van der Waals surface area contributed by atoms with Gasteiger partial charge in [0.05, 0.1) is 30.7 Å². The van der Waals surface area contributed by atoms with Gasteiger partial charge in [-0.15, -0.1) is 10.2 Å². The highest BCUT2D eigenvalue weighted by Crippen LogP contribution is 2.18. The molecule has 0 radical (unpaired) electrons. The molecule has 0 atom stereocenters. The highest BCUT2D eigenvalue weighted by atomic mass is 16.6. The van der Waals surface area contributed by atoms with Gasteiger partial charge in [0.15, 0.2) is 5.69 Å². The average molecular weight is 473 g/mol. The molecule has 0 saturated carbocycles. The van der Waals surface area contributed by atoms with Crippen LogP contribution in [-0.2, 0) is 19.1 Å². The Hall–Kier alpha value is -4.95. The topological polar surface area (TPSA) is 211 Å². The number of ether oxygens (including phenoxy) is 2. The van der Waals surface area contributed by atoms with Crippen LogP contribution in [0.4, 0.5) is 11.5 Å². The molecule has 1 aromatic carbocycles. The number of H-pyrrole nitrogens is 1. The van der Waals surface area contributed by atoms with Crippen LogP contribution in [0.25, 0.3) is 0 Å². The van der Waals surface area contributed by atoms with Crippen molar-refractivity contribution < 1.29 is 33.9 Å². The summed E-state index contributed by atoms with van der Waals surface area (Å²) in [4.78, 5) is 52.8. The number of nitrogens with zero attached hydrogens (tertiary/aromatic N) is 5. The zero-order chi connectivity index (χ0) is 25.1. The predicted octanol–water partition coefficient (Wildman–Crippen LogP) is 2.06. The van der Waals surface area contributed by atoms with E-state index in [0.29, 0.717) is 0 Å². The third-order valence-electron chi connectivity index (χ3n) is 3.71. The van der Waals surface area contributed by atoms with E-state index < -0.39 is 34.2 Å². The monoisotopic (exact) mass is 473 g/mol. The van der Waals surface area contributed by atoms with E-state index in [9.17, 15) is 29.6 Å². The van der Waals surface area contributed by atoms with Gasteiger partial charge in [0.25, 0.3) is 11.6 Å². The standard InChI is InChI=1S/C19H19N7O8/c1-3-33-18(29)14-16(21-10-20-14)24-23-13(15(27)19(30)34-4-2)17(28)25-22-9-11-6-5-7-12(8-11)26(31)32/h5-10,27H,3-4H2,1-2H3,(H,20,21)(H,25,28)/b15-13-,22-9+,24-23?. The van der Waals surface area contributed by atoms with Gasteiger partial charge in [0, 0.05) is 17.7 Å². The first kappa shape index (κ1) is 25.3. The minimum Gasteiger partial charge on any atom is -0.500 e. The molecule has 1 aromatic heterocycles. The van der Waals surface area contributed by atoms with E-state index in [2.05, 4.69) is 30.0 Å². The van der Waals surface area contributed by atoms with Crippen LogP contribution in [0, 0.1) is 10.1 Å². The maximum absolute atomic E-state index is 12.5. The summed E-state index contributed by atoms with van der Waals surface area (Å²) in [5, 5.41) is 31.7. The second kappa shape index (κ2) is 12.2. The van der Waals surface area contributed by atoms with E-state index >= 15 is 0 Å². The predicted molar refractivity (Wildman–Crippen MR) is 114 cm³/mol. The first-order valence-corrected chi connectivity index (χ1v) is 9.58. The zero-order valence-electron chi connectivity index (χ0n) is 17.9. The minimum absolute atomic E-state index is 0.0776. The van der Waals surface area contributed by atoms with Gasteiger partial charge < -0.3 is 19.6 Å². The van der Waals surface area contributed by atoms with Crippen LogP contribution in [0.1, 0.15) is 29.9 Å². The number of carbonyl (C=O) groups is 3. The number of nitro groups is 1. The van der Waals surface area contributed by atoms with Crippen molar-refractivity contribution in [1.82, 2.24) is 15.4 Å². The number of amides is 1. The van der Waals surface area contributed by atoms with Crippen molar-refractivity contribution in [2.24, 2.45) is 15.3 Å². The lowest BCUT2D eigenvalue weighted by Crippen LogP contribution is -2.22. The average Bonchev–Trinajstić information content (AvgIpc) is 3.28. The van der Waals surface area contributed by atoms with Crippen molar-refractivity contribution in [3.63, 3.8) is 0 Å². The number of aliphatic hydroxyl groups is 1. The van der Waals surface area contributed by atoms with Crippen molar-refractivity contribution >= 4 is 35.6 Å². The molecule has 1 heterocycles. The van der Waals surface area contributed by atoms with Gasteiger partial charge in [0.1, 0.15) is 0 Å². The summed E-state index contributed by atoms with van der Waals surface area (Å²) < 4.78 is 9.48. The van der Waals surface area contributed by atoms with Gasteiger partial charge in [-0.1, -0.05) is 12.1 Å². The molecule has 15 nitrogen and oxygen atoms in total. The molecular weight excluding hydrogens is 454 g/mol. The molecule has 3 N–H and O–H groups in total. The van der Waals surface area contributed by atoms with Gasteiger partial charge in [-0.3, -0.25) is 14.9 Å². The number of nitrogens with one attached hydrogen (secondary N) is 2. The summed E-state index contributed by atoms with van der Waals surface area (Å²) in [6.45, 7) is 3.04. The number of aliphatic hydroxyl groups excluding tert-OH is 1. The summed E-state index contributed by atoms with van der Waals surface area (Å²) in [5.74, 6) is -4.69. The van der Waals surface area contributed by atoms with Crippen LogP contribution in [0.3, 0.4) is 0 Å². The van der Waals surface area contributed by atoms with Crippen LogP contribution < -0.4 is 5.43 Å². The summed E-state index contributed by atoms with van der Waals surface area (Å²) in [5.41, 5.74) is 1.03. The normalized spacial score (nSPS) is 11.8. The summed E-state index contributed by atoms with van der Waals surface area (Å²) in [6.07, 6.45) is 2.21. The first-order chi connectivity index (χ1) is 16.3. The number of carbonyl (C=O) groups excluding carboxylic acids is 3. The quantitative estimate of drug-likeness (QED) is 0.0875. The van der Waals surface area contributed by atoms with Crippen LogP contribution in [-0.4, -0.2) is 57.3 Å². The Balaban J connectivity index is 2.29. The minimum atomic E-state index is -1.26. The number of hydrogen-bond donors (Lipinski definition) is 3. The van der Waals surface area contributed by atoms with Gasteiger partial charge >= 0.3 is 11.9 Å². The Kier molecular flexibility index (Phi) is 9.07. The number of hydrogen-bond acceptors (Lipinski definition) is 12. The number of non-ortho nitro benzene ring substituents is 1. The zero-order valence-corrected chi connectivity index (χ0v) is 17.9. The smallest absolute Gasteiger partial charge is 0.376 e. The lowest BCUT2D eigenvalue weighted by molar-refractivity contribution is -0.384. The molecule has 0 bridgehead atoms. The molecule has 0 spiro atoms. The number of imidazole rings is 1. The molecule has 178 valence electrons. The molecule has 0 saturated heterocycles. The molecule has 0 unspecified atom stereocenters. The number of benzene rings is 1. The van der Waals surface area contributed by atoms with Crippen molar-refractivity contribution in [3.8, 4) is 0 Å². The fraction of sp³-hybridized carbons (Fsp3) is 0.211. The SMILES string of the molecule is CCOC(=O)/C(O)=C(/N=Nc1nc[nH]c1C(=O)OCC)C(=O)N/N=C/c1cccc([N+](=O)[O-])c1. The Bertz CT molecular complexity index is 1170. The number of aromatic nitrogens is 2. The highest BCUT2D eigenvalue weighted by Gasteiger charge is 2.23. The van der Waals surface area contributed by atoms with E-state index in [1.165, 1.54) is 31.2 Å². The van der Waals surface area contributed by atoms with Crippen molar-refractivity contribution in [3.05, 3.63) is 63.4 Å². The summed E-state index contributed by atoms with van der Waals surface area (Å²) in [6, 6.07) is 5.38. The van der Waals surface area contributed by atoms with Crippen LogP contribution >= 0.6 is 0 Å². The fourth-order valence-corrected chi connectivity index (χ4v) is 2.25. The molecule has 34 heavy (non-hydrogen) atoms. The van der Waals surface area contributed by atoms with Crippen LogP contribution in [0.2, 0.25) is 0 Å². The Labute approximate surface area is 191 Å². The maximum Gasteiger partial charge on any atom is 0.376 e. The number of rotatable bonds is 10. The van der Waals surface area contributed by atoms with Crippen LogP contribution in [0.5, 0.6) is 0 Å². The molecule has 0 aliphatic carbocycles. The second-order valence-corrected chi connectivity index (χ2v) is 5.99. The highest BCUT2D eigenvalue weighted by molar-refractivity contribution is 6.01. The summed E-state index contributed by atoms with van der Waals surface area (Å²) in [7, 11) is 0. The van der Waals surface area contributed by atoms with E-state index in [1.807, 2.05) is 5.43 Å². The van der Waals surface area contributed by atoms with Gasteiger partial charge in [-0.25, -0.2) is 20.0 Å². The molecule has 1 amide bonds. The van der Waals surface area contributed by atoms with Gasteiger partial charge in [-0.05, 0) is 13.8 Å². The second-order valence-electron chi connectivity index (χ2n) is 5.99. The Morgan fingerprint density at radius 2 is 2.00 bits per heavy atom. The van der Waals surface area contributed by atoms with Gasteiger partial charge in [-0.2, -0.15) is 5.10 Å². The van der Waals surface area contributed by atoms with E-state index in [0.717, 1.165) is 12.5 Å². The molecule has 2 rings (SSSR count). The number of aromatic amines is 1. The first-order valence-electron chi connectivity index (χ1n) is 9.58. The van der Waals surface area contributed by atoms with E-state index in [1.54, 1.807) is 6.92 Å². The fourth-order valence-electron chi connectivity index (χ4n) is 2.25. The lowest BCUT2D eigenvalue weighted by Gasteiger charge is -2.04. The maximum atomic E-state index is 12.5. The van der Waals surface area contributed by atoms with E-state index in [4.69, 9.17) is 4.74 Å². The largest absolute Gasteiger partial charge is 0.500 e. The number of esters is 2. The molecule has 15 heteroatoms. The summed E-state index contributed by atoms with van der Waals surface area (Å²) >= 11 is 0. The van der Waals surface area contributed by atoms with Crippen molar-refractivity contribution in [1.29, 1.82) is 0 Å². The van der Waals surface area contributed by atoms with Gasteiger partial charge in [0.2, 0.25) is 17.3 Å². The Morgan fingerprint density at radius 3 is 2.68 bits per heavy atom.